The number of ether oxygens (including phenoxy) is 4. The van der Waals surface area contributed by atoms with Gasteiger partial charge in [-0.05, 0) is 18.3 Å². The van der Waals surface area contributed by atoms with Crippen molar-refractivity contribution in [1.82, 2.24) is 5.32 Å². The van der Waals surface area contributed by atoms with Crippen LogP contribution >= 0.6 is 0 Å². The molecule has 1 amide bonds. The van der Waals surface area contributed by atoms with Gasteiger partial charge in [-0.3, -0.25) is 4.79 Å². The van der Waals surface area contributed by atoms with E-state index in [0.29, 0.717) is 12.8 Å². The van der Waals surface area contributed by atoms with Crippen LogP contribution in [0.2, 0.25) is 0 Å². The summed E-state index contributed by atoms with van der Waals surface area (Å²) in [4.78, 5) is 23.8. The maximum atomic E-state index is 12.1. The predicted molar refractivity (Wildman–Crippen MR) is 117 cm³/mol. The average Bonchev–Trinajstić information content (AvgIpc) is 2.78. The molecule has 2 saturated heterocycles. The molecule has 11 atom stereocenters. The largest absolute Gasteiger partial charge is 0.479 e. The Morgan fingerprint density at radius 2 is 1.71 bits per heavy atom. The van der Waals surface area contributed by atoms with Gasteiger partial charge in [0.2, 0.25) is 5.91 Å². The Morgan fingerprint density at radius 1 is 1.06 bits per heavy atom. The second kappa shape index (κ2) is 12.0. The number of hydrogen-bond donors (Lipinski definition) is 6. The summed E-state index contributed by atoms with van der Waals surface area (Å²) in [6, 6.07) is -0.928. The van der Waals surface area contributed by atoms with E-state index in [1.165, 1.54) is 14.0 Å². The molecule has 2 aliphatic heterocycles. The van der Waals surface area contributed by atoms with Gasteiger partial charge in [0.15, 0.2) is 12.4 Å². The Balaban J connectivity index is 2.45. The van der Waals surface area contributed by atoms with E-state index < -0.39 is 85.1 Å². The standard InChI is InChI=1S/C22H39NO11/c1-6-8-22(4,7-2)19-12(23-10(3)25)16(13(26)11(9-24)32-19)33-21-15(28)14(27)17(31-5)18(34-21)20(29)30/h11-19,21,24,26-28H,6-9H2,1-5H3,(H,23,25)(H,29,30)/t11?,12?,13-,14?,15?,16?,17+,18?,19?,21-,22?/m1/s1. The minimum Gasteiger partial charge on any atom is -0.479 e. The van der Waals surface area contributed by atoms with Crippen LogP contribution < -0.4 is 5.32 Å². The Labute approximate surface area is 199 Å². The Kier molecular flexibility index (Phi) is 10.2. The third-order valence-corrected chi connectivity index (χ3v) is 6.94. The van der Waals surface area contributed by atoms with E-state index in [9.17, 15) is 35.1 Å². The van der Waals surface area contributed by atoms with Gasteiger partial charge in [0, 0.05) is 14.0 Å². The number of amides is 1. The first-order valence-corrected chi connectivity index (χ1v) is 11.6. The number of carboxylic acids is 1. The first kappa shape index (κ1) is 28.9. The molecule has 0 aromatic carbocycles. The Bertz CT molecular complexity index is 694. The van der Waals surface area contributed by atoms with Gasteiger partial charge in [-0.2, -0.15) is 0 Å². The maximum Gasteiger partial charge on any atom is 0.335 e. The molecule has 2 rings (SSSR count). The molecule has 6 N–H and O–H groups in total. The van der Waals surface area contributed by atoms with Crippen molar-refractivity contribution in [3.63, 3.8) is 0 Å². The van der Waals surface area contributed by atoms with E-state index in [0.717, 1.165) is 6.42 Å². The Hall–Kier alpha value is -1.38. The predicted octanol–water partition coefficient (Wildman–Crippen LogP) is -1.24. The molecule has 8 unspecified atom stereocenters. The van der Waals surface area contributed by atoms with Crippen LogP contribution in [0, 0.1) is 5.41 Å². The molecule has 0 aliphatic carbocycles. The highest BCUT2D eigenvalue weighted by atomic mass is 16.7. The quantitative estimate of drug-likeness (QED) is 0.214. The number of carbonyl (C=O) groups excluding carboxylic acids is 1. The monoisotopic (exact) mass is 493 g/mol. The number of aliphatic hydroxyl groups is 4. The molecular weight excluding hydrogens is 454 g/mol. The van der Waals surface area contributed by atoms with Crippen LogP contribution in [0.15, 0.2) is 0 Å². The highest BCUT2D eigenvalue weighted by Gasteiger charge is 2.55. The molecule has 12 heteroatoms. The van der Waals surface area contributed by atoms with Crippen molar-refractivity contribution < 1.29 is 54.1 Å². The van der Waals surface area contributed by atoms with Crippen molar-refractivity contribution in [2.75, 3.05) is 13.7 Å². The van der Waals surface area contributed by atoms with E-state index in [1.54, 1.807) is 0 Å². The smallest absolute Gasteiger partial charge is 0.335 e. The number of aliphatic hydroxyl groups excluding tert-OH is 4. The van der Waals surface area contributed by atoms with E-state index in [1.807, 2.05) is 20.8 Å². The fourth-order valence-corrected chi connectivity index (χ4v) is 4.91. The molecule has 0 bridgehead atoms. The van der Waals surface area contributed by atoms with Crippen molar-refractivity contribution in [1.29, 1.82) is 0 Å². The SMILES string of the molecule is CCCC(C)(CC)C1OC(CO)[C@@H](O)C(O[C@@H]2OC(C(=O)O)[C@@H](OC)C(O)C2O)C1NC(C)=O. The molecule has 2 heterocycles. The zero-order valence-corrected chi connectivity index (χ0v) is 20.3. The highest BCUT2D eigenvalue weighted by Crippen LogP contribution is 2.41. The van der Waals surface area contributed by atoms with Crippen molar-refractivity contribution >= 4 is 11.9 Å². The molecule has 12 nitrogen and oxygen atoms in total. The van der Waals surface area contributed by atoms with E-state index in [2.05, 4.69) is 5.32 Å². The molecule has 0 spiro atoms. The van der Waals surface area contributed by atoms with Crippen LogP contribution in [0.4, 0.5) is 0 Å². The third-order valence-electron chi connectivity index (χ3n) is 6.94. The lowest BCUT2D eigenvalue weighted by Crippen LogP contribution is -2.70. The molecule has 0 saturated carbocycles. The lowest BCUT2D eigenvalue weighted by atomic mass is 9.71. The normalized spacial score (nSPS) is 40.4. The first-order valence-electron chi connectivity index (χ1n) is 11.6. The summed E-state index contributed by atoms with van der Waals surface area (Å²) >= 11 is 0. The van der Waals surface area contributed by atoms with Gasteiger partial charge in [0.05, 0.1) is 18.8 Å². The van der Waals surface area contributed by atoms with E-state index in [4.69, 9.17) is 18.9 Å². The van der Waals surface area contributed by atoms with Gasteiger partial charge in [-0.15, -0.1) is 0 Å². The third kappa shape index (κ3) is 5.88. The van der Waals surface area contributed by atoms with Crippen LogP contribution in [-0.4, -0.2) is 112 Å². The summed E-state index contributed by atoms with van der Waals surface area (Å²) in [7, 11) is 1.17. The number of aliphatic carboxylic acids is 1. The molecule has 0 aromatic heterocycles. The highest BCUT2D eigenvalue weighted by molar-refractivity contribution is 5.74. The summed E-state index contributed by atoms with van der Waals surface area (Å²) in [5.41, 5.74) is -0.479. The number of carbonyl (C=O) groups is 2. The summed E-state index contributed by atoms with van der Waals surface area (Å²) in [5.74, 6) is -1.87. The Morgan fingerprint density at radius 3 is 2.18 bits per heavy atom. The maximum absolute atomic E-state index is 12.1. The lowest BCUT2D eigenvalue weighted by molar-refractivity contribution is -0.331. The zero-order valence-electron chi connectivity index (χ0n) is 20.3. The first-order chi connectivity index (χ1) is 15.9. The number of rotatable bonds is 10. The van der Waals surface area contributed by atoms with Crippen molar-refractivity contribution in [3.8, 4) is 0 Å². The molecule has 198 valence electrons. The van der Waals surface area contributed by atoms with Gasteiger partial charge in [-0.25, -0.2) is 4.79 Å². The van der Waals surface area contributed by atoms with Crippen LogP contribution in [0.3, 0.4) is 0 Å². The van der Waals surface area contributed by atoms with Crippen LogP contribution in [0.1, 0.15) is 47.0 Å². The second-order valence-electron chi connectivity index (χ2n) is 9.30. The minimum atomic E-state index is -1.71. The number of methoxy groups -OCH3 is 1. The summed E-state index contributed by atoms with van der Waals surface area (Å²) in [6.45, 7) is 6.68. The topological polar surface area (TPSA) is 184 Å². The number of carboxylic acid groups (broad SMARTS) is 1. The minimum absolute atomic E-state index is 0.426. The van der Waals surface area contributed by atoms with Crippen molar-refractivity contribution in [2.24, 2.45) is 5.41 Å². The van der Waals surface area contributed by atoms with Gasteiger partial charge in [-0.1, -0.05) is 27.2 Å². The van der Waals surface area contributed by atoms with Gasteiger partial charge in [0.1, 0.15) is 36.6 Å². The lowest BCUT2D eigenvalue weighted by Gasteiger charge is -2.52. The molecular formula is C22H39NO11. The average molecular weight is 494 g/mol. The summed E-state index contributed by atoms with van der Waals surface area (Å²) < 4.78 is 22.4. The molecule has 2 fully saturated rings. The number of hydrogen-bond acceptors (Lipinski definition) is 10. The second-order valence-corrected chi connectivity index (χ2v) is 9.30. The van der Waals surface area contributed by atoms with E-state index in [-0.39, 0.29) is 0 Å². The molecule has 34 heavy (non-hydrogen) atoms. The fourth-order valence-electron chi connectivity index (χ4n) is 4.91. The van der Waals surface area contributed by atoms with Gasteiger partial charge in [0.25, 0.3) is 0 Å². The van der Waals surface area contributed by atoms with Crippen LogP contribution in [0.25, 0.3) is 0 Å². The van der Waals surface area contributed by atoms with Crippen LogP contribution in [0.5, 0.6) is 0 Å². The molecule has 0 aromatic rings. The summed E-state index contributed by atoms with van der Waals surface area (Å²) in [6.07, 6.45) is -10.4. The molecule has 2 aliphatic rings. The van der Waals surface area contributed by atoms with Crippen molar-refractivity contribution in [2.45, 2.75) is 108 Å². The van der Waals surface area contributed by atoms with Gasteiger partial charge < -0.3 is 49.8 Å². The number of nitrogens with one attached hydrogen (secondary N) is 1. The van der Waals surface area contributed by atoms with Gasteiger partial charge >= 0.3 is 5.97 Å². The fraction of sp³-hybridized carbons (Fsp3) is 0.909. The van der Waals surface area contributed by atoms with E-state index >= 15 is 0 Å². The van der Waals surface area contributed by atoms with Crippen molar-refractivity contribution in [3.05, 3.63) is 0 Å². The molecule has 0 radical (unpaired) electrons. The van der Waals surface area contributed by atoms with Crippen LogP contribution in [-0.2, 0) is 28.5 Å². The zero-order chi connectivity index (χ0) is 25.8. The summed E-state index contributed by atoms with van der Waals surface area (Å²) in [5, 5.41) is 54.1.